The number of esters is 1. The van der Waals surface area contributed by atoms with Crippen LogP contribution in [-0.4, -0.2) is 25.8 Å². The average molecular weight is 527 g/mol. The van der Waals surface area contributed by atoms with Gasteiger partial charge in [-0.05, 0) is 66.8 Å². The molecule has 7 heteroatoms. The summed E-state index contributed by atoms with van der Waals surface area (Å²) in [6.07, 6.45) is 3.83. The standard InChI is InChI=1S/C29H32ClO5P/c1-4-34-36(32,35-5-2)21-24-18-26(20-27(19-24)25-13-15-28(30)16-14-25)22(3)29(31)33-17-9-12-23-10-7-6-8-11-23/h6-16,18-20,22H,4-5,17,21H2,1-3H3/b12-9+. The molecule has 36 heavy (non-hydrogen) atoms. The zero-order valence-corrected chi connectivity index (χ0v) is 22.5. The van der Waals surface area contributed by atoms with E-state index in [2.05, 4.69) is 0 Å². The van der Waals surface area contributed by atoms with Gasteiger partial charge in [-0.2, -0.15) is 0 Å². The first-order valence-electron chi connectivity index (χ1n) is 12.0. The van der Waals surface area contributed by atoms with Gasteiger partial charge in [-0.15, -0.1) is 0 Å². The summed E-state index contributed by atoms with van der Waals surface area (Å²) in [4.78, 5) is 12.9. The first-order valence-corrected chi connectivity index (χ1v) is 14.1. The fourth-order valence-corrected chi connectivity index (χ4v) is 5.55. The molecule has 0 aliphatic heterocycles. The third-order valence-electron chi connectivity index (χ3n) is 5.51. The van der Waals surface area contributed by atoms with Crippen LogP contribution in [0.2, 0.25) is 5.02 Å². The zero-order valence-electron chi connectivity index (χ0n) is 20.9. The molecule has 3 rings (SSSR count). The van der Waals surface area contributed by atoms with Crippen molar-refractivity contribution in [3.05, 3.63) is 101 Å². The lowest BCUT2D eigenvalue weighted by atomic mass is 9.94. The maximum atomic E-state index is 13.2. The molecular weight excluding hydrogens is 495 g/mol. The van der Waals surface area contributed by atoms with E-state index in [1.165, 1.54) is 0 Å². The van der Waals surface area contributed by atoms with E-state index in [0.717, 1.165) is 27.8 Å². The molecule has 0 amide bonds. The molecule has 0 radical (unpaired) electrons. The molecule has 0 fully saturated rings. The Morgan fingerprint density at radius 3 is 2.25 bits per heavy atom. The largest absolute Gasteiger partial charge is 0.461 e. The highest BCUT2D eigenvalue weighted by Gasteiger charge is 2.26. The van der Waals surface area contributed by atoms with Gasteiger partial charge in [-0.1, -0.05) is 78.3 Å². The Bertz CT molecular complexity index is 1200. The molecule has 0 aliphatic rings. The Balaban J connectivity index is 1.84. The maximum absolute atomic E-state index is 13.2. The first kappa shape index (κ1) is 27.9. The van der Waals surface area contributed by atoms with Gasteiger partial charge < -0.3 is 13.8 Å². The molecule has 0 bridgehead atoms. The average Bonchev–Trinajstić information content (AvgIpc) is 2.87. The molecule has 3 aromatic carbocycles. The van der Waals surface area contributed by atoms with Crippen molar-refractivity contribution in [1.82, 2.24) is 0 Å². The lowest BCUT2D eigenvalue weighted by molar-refractivity contribution is -0.143. The van der Waals surface area contributed by atoms with Crippen LogP contribution in [-0.2, 0) is 29.3 Å². The number of halogens is 1. The number of carbonyl (C=O) groups is 1. The predicted molar refractivity (Wildman–Crippen MR) is 146 cm³/mol. The Morgan fingerprint density at radius 2 is 1.61 bits per heavy atom. The number of benzene rings is 3. The van der Waals surface area contributed by atoms with Crippen molar-refractivity contribution in [2.45, 2.75) is 32.9 Å². The van der Waals surface area contributed by atoms with Gasteiger partial charge >= 0.3 is 13.6 Å². The maximum Gasteiger partial charge on any atom is 0.335 e. The molecule has 0 spiro atoms. The van der Waals surface area contributed by atoms with Crippen LogP contribution in [0, 0.1) is 0 Å². The van der Waals surface area contributed by atoms with Crippen molar-refractivity contribution in [2.24, 2.45) is 0 Å². The van der Waals surface area contributed by atoms with Gasteiger partial charge in [0, 0.05) is 5.02 Å². The quantitative estimate of drug-likeness (QED) is 0.176. The van der Waals surface area contributed by atoms with Gasteiger partial charge in [0.25, 0.3) is 0 Å². The summed E-state index contributed by atoms with van der Waals surface area (Å²) in [5, 5.41) is 0.632. The zero-order chi connectivity index (χ0) is 26.0. The van der Waals surface area contributed by atoms with Gasteiger partial charge in [-0.25, -0.2) is 0 Å². The van der Waals surface area contributed by atoms with E-state index in [9.17, 15) is 9.36 Å². The molecule has 0 aliphatic carbocycles. The van der Waals surface area contributed by atoms with Crippen molar-refractivity contribution in [2.75, 3.05) is 19.8 Å². The normalized spacial score (nSPS) is 12.6. The van der Waals surface area contributed by atoms with Crippen LogP contribution in [0.25, 0.3) is 17.2 Å². The molecule has 5 nitrogen and oxygen atoms in total. The molecule has 0 heterocycles. The van der Waals surface area contributed by atoms with Gasteiger partial charge in [0.2, 0.25) is 0 Å². The smallest absolute Gasteiger partial charge is 0.335 e. The minimum absolute atomic E-state index is 0.102. The Labute approximate surface area is 218 Å². The van der Waals surface area contributed by atoms with Crippen molar-refractivity contribution in [1.29, 1.82) is 0 Å². The molecule has 190 valence electrons. The van der Waals surface area contributed by atoms with Crippen molar-refractivity contribution in [3.8, 4) is 11.1 Å². The van der Waals surface area contributed by atoms with Crippen LogP contribution in [0.4, 0.5) is 0 Å². The minimum atomic E-state index is -3.33. The summed E-state index contributed by atoms with van der Waals surface area (Å²) >= 11 is 6.07. The Morgan fingerprint density at radius 1 is 0.944 bits per heavy atom. The van der Waals surface area contributed by atoms with Crippen molar-refractivity contribution in [3.63, 3.8) is 0 Å². The second-order valence-corrected chi connectivity index (χ2v) is 10.7. The lowest BCUT2D eigenvalue weighted by Gasteiger charge is -2.19. The van der Waals surface area contributed by atoms with E-state index in [0.29, 0.717) is 5.02 Å². The molecule has 0 saturated heterocycles. The third kappa shape index (κ3) is 8.18. The van der Waals surface area contributed by atoms with E-state index in [-0.39, 0.29) is 32.0 Å². The fraction of sp³-hybridized carbons (Fsp3) is 0.276. The Kier molecular flexibility index (Phi) is 10.5. The van der Waals surface area contributed by atoms with Crippen LogP contribution in [0.15, 0.2) is 78.9 Å². The van der Waals surface area contributed by atoms with E-state index in [1.807, 2.05) is 84.9 Å². The number of hydrogen-bond acceptors (Lipinski definition) is 5. The van der Waals surface area contributed by atoms with Crippen LogP contribution in [0.1, 0.15) is 43.4 Å². The van der Waals surface area contributed by atoms with Gasteiger partial charge in [-0.3, -0.25) is 9.36 Å². The molecule has 3 aromatic rings. The van der Waals surface area contributed by atoms with E-state index in [4.69, 9.17) is 25.4 Å². The number of rotatable bonds is 12. The summed E-state index contributed by atoms with van der Waals surface area (Å²) < 4.78 is 29.7. The highest BCUT2D eigenvalue weighted by Crippen LogP contribution is 2.51. The third-order valence-corrected chi connectivity index (χ3v) is 7.81. The van der Waals surface area contributed by atoms with Crippen molar-refractivity contribution >= 4 is 31.2 Å². The monoisotopic (exact) mass is 526 g/mol. The molecule has 0 saturated carbocycles. The SMILES string of the molecule is CCOP(=O)(Cc1cc(-c2ccc(Cl)cc2)cc(C(C)C(=O)OC/C=C/c2ccccc2)c1)OCC. The van der Waals surface area contributed by atoms with Crippen LogP contribution < -0.4 is 0 Å². The highest BCUT2D eigenvalue weighted by molar-refractivity contribution is 7.53. The lowest BCUT2D eigenvalue weighted by Crippen LogP contribution is -2.14. The minimum Gasteiger partial charge on any atom is -0.461 e. The molecule has 0 N–H and O–H groups in total. The summed E-state index contributed by atoms with van der Waals surface area (Å²) in [6.45, 7) is 6.10. The van der Waals surface area contributed by atoms with Gasteiger partial charge in [0.05, 0.1) is 25.3 Å². The second-order valence-electron chi connectivity index (χ2n) is 8.24. The summed E-state index contributed by atoms with van der Waals surface area (Å²) in [6, 6.07) is 23.0. The first-order chi connectivity index (χ1) is 17.3. The van der Waals surface area contributed by atoms with E-state index in [1.54, 1.807) is 20.8 Å². The molecule has 1 unspecified atom stereocenters. The molecule has 0 aromatic heterocycles. The van der Waals surface area contributed by atoms with E-state index < -0.39 is 13.5 Å². The predicted octanol–water partition coefficient (Wildman–Crippen LogP) is 8.13. The summed E-state index contributed by atoms with van der Waals surface area (Å²) in [7, 11) is -3.33. The highest BCUT2D eigenvalue weighted by atomic mass is 35.5. The van der Waals surface area contributed by atoms with Crippen molar-refractivity contribution < 1.29 is 23.1 Å². The van der Waals surface area contributed by atoms with Gasteiger partial charge in [0.15, 0.2) is 0 Å². The van der Waals surface area contributed by atoms with Gasteiger partial charge in [0.1, 0.15) is 6.61 Å². The fourth-order valence-electron chi connectivity index (χ4n) is 3.75. The summed E-state index contributed by atoms with van der Waals surface area (Å²) in [5.74, 6) is -0.871. The van der Waals surface area contributed by atoms with E-state index >= 15 is 0 Å². The van der Waals surface area contributed by atoms with Crippen LogP contribution in [0.3, 0.4) is 0 Å². The van der Waals surface area contributed by atoms with Crippen LogP contribution in [0.5, 0.6) is 0 Å². The second kappa shape index (κ2) is 13.6. The topological polar surface area (TPSA) is 61.8 Å². The number of ether oxygens (including phenoxy) is 1. The Hall–Kier alpha value is -2.69. The molecular formula is C29H32ClO5P. The molecule has 1 atom stereocenters. The summed E-state index contributed by atoms with van der Waals surface area (Å²) in [5.41, 5.74) is 4.36. The van der Waals surface area contributed by atoms with Crippen LogP contribution >= 0.6 is 19.2 Å². The number of hydrogen-bond donors (Lipinski definition) is 0. The number of carbonyl (C=O) groups excluding carboxylic acids is 1.